The third kappa shape index (κ3) is 2.28. The van der Waals surface area contributed by atoms with Crippen molar-refractivity contribution in [3.8, 4) is 0 Å². The summed E-state index contributed by atoms with van der Waals surface area (Å²) in [7, 11) is 2.42. The summed E-state index contributed by atoms with van der Waals surface area (Å²) in [6.07, 6.45) is 14.8. The third-order valence-electron chi connectivity index (χ3n) is 7.85. The monoisotopic (exact) mass is 290 g/mol. The predicted molar refractivity (Wildman–Crippen MR) is 88.0 cm³/mol. The van der Waals surface area contributed by atoms with E-state index in [2.05, 4.69) is 11.9 Å². The number of hydrogen-bond acceptors (Lipinski definition) is 2. The molecule has 5 rings (SSSR count). The Kier molecular flexibility index (Phi) is 3.82. The summed E-state index contributed by atoms with van der Waals surface area (Å²) in [5, 5.41) is 0. The molecule has 0 amide bonds. The standard InChI is InChI=1S/C19H34N2/c1-21(12-14-5-3-2-4-6-14)19(13-20)17-8-15-7-16(10-17)11-18(19)9-15/h14-18H,2-13,20H2,1H3. The SMILES string of the molecule is CN(CC1CCCCC1)C1(CN)C2CC3CC(C2)CC1C3. The molecule has 2 nitrogen and oxygen atoms in total. The highest BCUT2D eigenvalue weighted by molar-refractivity contribution is 5.12. The molecule has 0 spiro atoms. The Morgan fingerprint density at radius 2 is 1.48 bits per heavy atom. The van der Waals surface area contributed by atoms with E-state index in [1.54, 1.807) is 6.42 Å². The first-order valence-corrected chi connectivity index (χ1v) is 9.63. The molecule has 4 bridgehead atoms. The molecular formula is C19H34N2. The fourth-order valence-electron chi connectivity index (χ4n) is 7.04. The molecule has 0 aromatic rings. The number of rotatable bonds is 4. The van der Waals surface area contributed by atoms with Crippen molar-refractivity contribution in [1.82, 2.24) is 4.90 Å². The topological polar surface area (TPSA) is 29.3 Å². The van der Waals surface area contributed by atoms with E-state index in [0.29, 0.717) is 5.54 Å². The van der Waals surface area contributed by atoms with Gasteiger partial charge in [0.05, 0.1) is 0 Å². The molecule has 0 aliphatic heterocycles. The van der Waals surface area contributed by atoms with Crippen molar-refractivity contribution >= 4 is 0 Å². The molecule has 5 fully saturated rings. The zero-order chi connectivity index (χ0) is 14.4. The van der Waals surface area contributed by atoms with E-state index in [4.69, 9.17) is 5.73 Å². The summed E-state index contributed by atoms with van der Waals surface area (Å²) in [5.74, 6) is 4.87. The molecule has 5 saturated carbocycles. The molecule has 120 valence electrons. The molecule has 21 heavy (non-hydrogen) atoms. The van der Waals surface area contributed by atoms with Gasteiger partial charge in [0.15, 0.2) is 0 Å². The molecule has 0 heterocycles. The van der Waals surface area contributed by atoms with Gasteiger partial charge >= 0.3 is 0 Å². The normalized spacial score (nSPS) is 46.4. The second-order valence-corrected chi connectivity index (χ2v) is 8.88. The lowest BCUT2D eigenvalue weighted by Gasteiger charge is -2.64. The second-order valence-electron chi connectivity index (χ2n) is 8.88. The van der Waals surface area contributed by atoms with Crippen LogP contribution in [-0.2, 0) is 0 Å². The van der Waals surface area contributed by atoms with Crippen molar-refractivity contribution in [1.29, 1.82) is 0 Å². The third-order valence-corrected chi connectivity index (χ3v) is 7.85. The van der Waals surface area contributed by atoms with Gasteiger partial charge in [-0.25, -0.2) is 0 Å². The van der Waals surface area contributed by atoms with Crippen LogP contribution in [0.4, 0.5) is 0 Å². The lowest BCUT2D eigenvalue weighted by atomic mass is 9.48. The van der Waals surface area contributed by atoms with Gasteiger partial charge in [0.2, 0.25) is 0 Å². The van der Waals surface area contributed by atoms with Gasteiger partial charge in [0.1, 0.15) is 0 Å². The Hall–Kier alpha value is -0.0800. The van der Waals surface area contributed by atoms with E-state index in [0.717, 1.165) is 36.1 Å². The van der Waals surface area contributed by atoms with Crippen LogP contribution in [-0.4, -0.2) is 30.6 Å². The van der Waals surface area contributed by atoms with Gasteiger partial charge in [0, 0.05) is 18.6 Å². The average Bonchev–Trinajstić information content (AvgIpc) is 2.48. The minimum Gasteiger partial charge on any atom is -0.329 e. The lowest BCUT2D eigenvalue weighted by molar-refractivity contribution is -0.127. The number of hydrogen-bond donors (Lipinski definition) is 1. The van der Waals surface area contributed by atoms with Crippen LogP contribution in [0.2, 0.25) is 0 Å². The highest BCUT2D eigenvalue weighted by Crippen LogP contribution is 2.59. The van der Waals surface area contributed by atoms with Crippen molar-refractivity contribution < 1.29 is 0 Å². The lowest BCUT2D eigenvalue weighted by Crippen LogP contribution is -2.68. The van der Waals surface area contributed by atoms with Crippen molar-refractivity contribution in [2.24, 2.45) is 35.3 Å². The van der Waals surface area contributed by atoms with Crippen LogP contribution in [0, 0.1) is 29.6 Å². The number of nitrogens with zero attached hydrogens (tertiary/aromatic N) is 1. The molecule has 5 aliphatic rings. The smallest absolute Gasteiger partial charge is 0.0385 e. The van der Waals surface area contributed by atoms with Crippen molar-refractivity contribution in [3.05, 3.63) is 0 Å². The van der Waals surface area contributed by atoms with Gasteiger partial charge in [-0.2, -0.15) is 0 Å². The molecule has 0 aromatic heterocycles. The highest BCUT2D eigenvalue weighted by atomic mass is 15.2. The van der Waals surface area contributed by atoms with Crippen LogP contribution in [0.5, 0.6) is 0 Å². The van der Waals surface area contributed by atoms with Crippen LogP contribution in [0.25, 0.3) is 0 Å². The Balaban J connectivity index is 1.52. The van der Waals surface area contributed by atoms with E-state index in [1.807, 2.05) is 0 Å². The van der Waals surface area contributed by atoms with E-state index in [1.165, 1.54) is 64.3 Å². The molecule has 0 aromatic carbocycles. The van der Waals surface area contributed by atoms with E-state index in [9.17, 15) is 0 Å². The summed E-state index contributed by atoms with van der Waals surface area (Å²) in [6.45, 7) is 2.23. The minimum atomic E-state index is 0.366. The molecular weight excluding hydrogens is 256 g/mol. The first-order chi connectivity index (χ1) is 10.2. The molecule has 0 atom stereocenters. The van der Waals surface area contributed by atoms with Crippen molar-refractivity contribution in [2.45, 2.75) is 69.7 Å². The zero-order valence-electron chi connectivity index (χ0n) is 13.9. The fraction of sp³-hybridized carbons (Fsp3) is 1.00. The van der Waals surface area contributed by atoms with Crippen LogP contribution < -0.4 is 5.73 Å². The predicted octanol–water partition coefficient (Wildman–Crippen LogP) is 3.65. The summed E-state index contributed by atoms with van der Waals surface area (Å²) < 4.78 is 0. The van der Waals surface area contributed by atoms with Gasteiger partial charge < -0.3 is 5.73 Å². The average molecular weight is 290 g/mol. The Labute approximate surface area is 130 Å². The Morgan fingerprint density at radius 3 is 2.00 bits per heavy atom. The van der Waals surface area contributed by atoms with Gasteiger partial charge in [-0.3, -0.25) is 4.90 Å². The molecule has 2 N–H and O–H groups in total. The Morgan fingerprint density at radius 1 is 0.905 bits per heavy atom. The largest absolute Gasteiger partial charge is 0.329 e. The maximum Gasteiger partial charge on any atom is 0.0385 e. The van der Waals surface area contributed by atoms with Gasteiger partial charge in [-0.05, 0) is 81.6 Å². The molecule has 0 radical (unpaired) electrons. The molecule has 0 saturated heterocycles. The van der Waals surface area contributed by atoms with Gasteiger partial charge in [-0.15, -0.1) is 0 Å². The highest BCUT2D eigenvalue weighted by Gasteiger charge is 2.58. The van der Waals surface area contributed by atoms with E-state index < -0.39 is 0 Å². The van der Waals surface area contributed by atoms with E-state index >= 15 is 0 Å². The fourth-order valence-corrected chi connectivity index (χ4v) is 7.04. The maximum atomic E-state index is 6.45. The molecule has 2 heteroatoms. The van der Waals surface area contributed by atoms with Crippen LogP contribution in [0.1, 0.15) is 64.2 Å². The van der Waals surface area contributed by atoms with Crippen LogP contribution >= 0.6 is 0 Å². The first-order valence-electron chi connectivity index (χ1n) is 9.63. The second kappa shape index (κ2) is 5.53. The first kappa shape index (κ1) is 14.5. The van der Waals surface area contributed by atoms with Crippen LogP contribution in [0.15, 0.2) is 0 Å². The number of nitrogens with two attached hydrogens (primary N) is 1. The quantitative estimate of drug-likeness (QED) is 0.856. The number of likely N-dealkylation sites (N-methyl/N-ethyl adjacent to an activating group) is 1. The summed E-state index contributed by atoms with van der Waals surface area (Å²) >= 11 is 0. The molecule has 0 unspecified atom stereocenters. The van der Waals surface area contributed by atoms with Gasteiger partial charge in [0.25, 0.3) is 0 Å². The van der Waals surface area contributed by atoms with Crippen molar-refractivity contribution in [3.63, 3.8) is 0 Å². The minimum absolute atomic E-state index is 0.366. The van der Waals surface area contributed by atoms with Crippen LogP contribution in [0.3, 0.4) is 0 Å². The summed E-state index contributed by atoms with van der Waals surface area (Å²) in [6, 6.07) is 0. The zero-order valence-corrected chi connectivity index (χ0v) is 13.9. The maximum absolute atomic E-state index is 6.45. The Bertz CT molecular complexity index is 344. The van der Waals surface area contributed by atoms with E-state index in [-0.39, 0.29) is 0 Å². The summed E-state index contributed by atoms with van der Waals surface area (Å²) in [5.41, 5.74) is 6.82. The van der Waals surface area contributed by atoms with Crippen molar-refractivity contribution in [2.75, 3.05) is 20.1 Å². The molecule has 5 aliphatic carbocycles. The van der Waals surface area contributed by atoms with Gasteiger partial charge in [-0.1, -0.05) is 19.3 Å². The summed E-state index contributed by atoms with van der Waals surface area (Å²) in [4.78, 5) is 2.77.